The van der Waals surface area contributed by atoms with E-state index in [-0.39, 0.29) is 0 Å². The molecule has 2 aromatic carbocycles. The summed E-state index contributed by atoms with van der Waals surface area (Å²) in [6.07, 6.45) is 0.988. The van der Waals surface area contributed by atoms with Crippen molar-refractivity contribution in [2.45, 2.75) is 6.42 Å². The zero-order valence-corrected chi connectivity index (χ0v) is 15.9. The first-order valence-electron chi connectivity index (χ1n) is 9.42. The first-order chi connectivity index (χ1) is 13.2. The van der Waals surface area contributed by atoms with Crippen molar-refractivity contribution < 1.29 is 9.53 Å². The van der Waals surface area contributed by atoms with Gasteiger partial charge in [0.25, 0.3) is 5.91 Å². The summed E-state index contributed by atoms with van der Waals surface area (Å²) in [6, 6.07) is 15.9. The summed E-state index contributed by atoms with van der Waals surface area (Å²) in [7, 11) is 1.59. The molecule has 0 spiro atoms. The van der Waals surface area contributed by atoms with Crippen LogP contribution in [0.25, 0.3) is 0 Å². The van der Waals surface area contributed by atoms with E-state index < -0.39 is 5.91 Å². The van der Waals surface area contributed by atoms with Gasteiger partial charge < -0.3 is 20.7 Å². The molecule has 3 N–H and O–H groups in total. The second-order valence-corrected chi connectivity index (χ2v) is 6.69. The van der Waals surface area contributed by atoms with Crippen molar-refractivity contribution in [3.63, 3.8) is 0 Å². The van der Waals surface area contributed by atoms with Crippen LogP contribution in [0, 0.1) is 0 Å². The van der Waals surface area contributed by atoms with Crippen molar-refractivity contribution in [3.8, 4) is 5.75 Å². The highest BCUT2D eigenvalue weighted by Crippen LogP contribution is 2.28. The highest BCUT2D eigenvalue weighted by Gasteiger charge is 2.17. The van der Waals surface area contributed by atoms with E-state index >= 15 is 0 Å². The Morgan fingerprint density at radius 2 is 1.81 bits per heavy atom. The van der Waals surface area contributed by atoms with Gasteiger partial charge in [0.1, 0.15) is 5.75 Å². The summed E-state index contributed by atoms with van der Waals surface area (Å²) in [5.41, 5.74) is 7.92. The maximum Gasteiger partial charge on any atom is 0.250 e. The lowest BCUT2D eigenvalue weighted by Gasteiger charge is -2.36. The average Bonchev–Trinajstić information content (AvgIpc) is 2.72. The summed E-state index contributed by atoms with van der Waals surface area (Å²) in [5, 5.41) is 3.33. The summed E-state index contributed by atoms with van der Waals surface area (Å²) < 4.78 is 5.35. The summed E-state index contributed by atoms with van der Waals surface area (Å²) in [6.45, 7) is 6.02. The van der Waals surface area contributed by atoms with Gasteiger partial charge in [0.05, 0.1) is 18.4 Å². The van der Waals surface area contributed by atoms with E-state index in [0.29, 0.717) is 17.0 Å². The first kappa shape index (κ1) is 19.0. The third kappa shape index (κ3) is 4.92. The van der Waals surface area contributed by atoms with Gasteiger partial charge in [-0.2, -0.15) is 0 Å². The monoisotopic (exact) mass is 368 g/mol. The van der Waals surface area contributed by atoms with E-state index in [2.05, 4.69) is 45.4 Å². The van der Waals surface area contributed by atoms with Crippen LogP contribution in [0.5, 0.6) is 5.75 Å². The van der Waals surface area contributed by atoms with Gasteiger partial charge in [-0.25, -0.2) is 0 Å². The number of piperazine rings is 1. The van der Waals surface area contributed by atoms with Crippen molar-refractivity contribution in [2.75, 3.05) is 56.6 Å². The normalized spacial score (nSPS) is 14.8. The number of carbonyl (C=O) groups is 1. The molecule has 0 bridgehead atoms. The van der Waals surface area contributed by atoms with E-state index in [1.54, 1.807) is 19.2 Å². The predicted octanol–water partition coefficient (Wildman–Crippen LogP) is 2.42. The van der Waals surface area contributed by atoms with E-state index in [1.165, 1.54) is 5.69 Å². The largest absolute Gasteiger partial charge is 0.495 e. The van der Waals surface area contributed by atoms with Crippen LogP contribution in [-0.4, -0.2) is 57.2 Å². The quantitative estimate of drug-likeness (QED) is 0.700. The van der Waals surface area contributed by atoms with Crippen molar-refractivity contribution in [1.29, 1.82) is 0 Å². The molecule has 1 amide bonds. The number of rotatable bonds is 8. The number of ether oxygens (including phenoxy) is 1. The van der Waals surface area contributed by atoms with Crippen LogP contribution < -0.4 is 20.7 Å². The third-order valence-electron chi connectivity index (χ3n) is 4.96. The lowest BCUT2D eigenvalue weighted by Crippen LogP contribution is -2.46. The van der Waals surface area contributed by atoms with Gasteiger partial charge in [0.2, 0.25) is 0 Å². The number of nitrogens with one attached hydrogen (secondary N) is 1. The first-order valence-corrected chi connectivity index (χ1v) is 9.42. The summed E-state index contributed by atoms with van der Waals surface area (Å²) >= 11 is 0. The molecule has 0 aromatic heterocycles. The molecule has 1 aliphatic rings. The Balaban J connectivity index is 1.45. The second-order valence-electron chi connectivity index (χ2n) is 6.69. The minimum Gasteiger partial charge on any atom is -0.495 e. The molecule has 0 saturated carbocycles. The van der Waals surface area contributed by atoms with E-state index in [9.17, 15) is 4.79 Å². The van der Waals surface area contributed by atoms with E-state index in [4.69, 9.17) is 10.5 Å². The van der Waals surface area contributed by atoms with Crippen molar-refractivity contribution in [2.24, 2.45) is 5.73 Å². The second kappa shape index (κ2) is 9.28. The number of anilines is 2. The molecule has 1 saturated heterocycles. The molecule has 0 atom stereocenters. The Hall–Kier alpha value is -2.73. The van der Waals surface area contributed by atoms with Crippen LogP contribution in [-0.2, 0) is 0 Å². The molecule has 144 valence electrons. The molecule has 6 heteroatoms. The molecule has 0 radical (unpaired) electrons. The number of amides is 1. The number of para-hydroxylation sites is 2. The Morgan fingerprint density at radius 3 is 2.48 bits per heavy atom. The SMILES string of the molecule is COc1cccc(C(N)=O)c1NCCCN1CCN(c2ccccc2)CC1. The smallest absolute Gasteiger partial charge is 0.250 e. The molecule has 1 heterocycles. The highest BCUT2D eigenvalue weighted by atomic mass is 16.5. The van der Waals surface area contributed by atoms with Crippen LogP contribution in [0.1, 0.15) is 16.8 Å². The van der Waals surface area contributed by atoms with Gasteiger partial charge >= 0.3 is 0 Å². The Kier molecular flexibility index (Phi) is 6.54. The van der Waals surface area contributed by atoms with Gasteiger partial charge in [0.15, 0.2) is 0 Å². The van der Waals surface area contributed by atoms with Gasteiger partial charge in [-0.1, -0.05) is 24.3 Å². The van der Waals surface area contributed by atoms with Crippen molar-refractivity contribution in [3.05, 3.63) is 54.1 Å². The summed E-state index contributed by atoms with van der Waals surface area (Å²) in [4.78, 5) is 16.5. The average molecular weight is 368 g/mol. The molecular formula is C21H28N4O2. The van der Waals surface area contributed by atoms with Gasteiger partial charge in [-0.05, 0) is 37.2 Å². The highest BCUT2D eigenvalue weighted by molar-refractivity contribution is 5.99. The Bertz CT molecular complexity index is 743. The predicted molar refractivity (Wildman–Crippen MR) is 110 cm³/mol. The standard InChI is InChI=1S/C21H28N4O2/c1-27-19-10-5-9-18(21(22)26)20(19)23-11-6-12-24-13-15-25(16-14-24)17-7-3-2-4-8-17/h2-5,7-10,23H,6,11-16H2,1H3,(H2,22,26). The molecule has 1 fully saturated rings. The number of primary amides is 1. The Labute approximate surface area is 160 Å². The van der Waals surface area contributed by atoms with E-state index in [1.807, 2.05) is 6.07 Å². The van der Waals surface area contributed by atoms with E-state index in [0.717, 1.165) is 45.7 Å². The Morgan fingerprint density at radius 1 is 1.07 bits per heavy atom. The minimum absolute atomic E-state index is 0.451. The fourth-order valence-electron chi connectivity index (χ4n) is 3.47. The molecule has 0 unspecified atom stereocenters. The fourth-order valence-corrected chi connectivity index (χ4v) is 3.47. The zero-order chi connectivity index (χ0) is 19.1. The van der Waals surface area contributed by atoms with Crippen LogP contribution in [0.4, 0.5) is 11.4 Å². The van der Waals surface area contributed by atoms with Gasteiger partial charge in [0, 0.05) is 38.4 Å². The maximum absolute atomic E-state index is 11.6. The molecule has 1 aliphatic heterocycles. The van der Waals surface area contributed by atoms with Crippen molar-refractivity contribution in [1.82, 2.24) is 4.90 Å². The van der Waals surface area contributed by atoms with Crippen LogP contribution in [0.2, 0.25) is 0 Å². The van der Waals surface area contributed by atoms with Gasteiger partial charge in [-0.15, -0.1) is 0 Å². The van der Waals surface area contributed by atoms with Crippen LogP contribution in [0.3, 0.4) is 0 Å². The molecule has 3 rings (SSSR count). The van der Waals surface area contributed by atoms with Crippen LogP contribution in [0.15, 0.2) is 48.5 Å². The minimum atomic E-state index is -0.451. The molecule has 2 aromatic rings. The number of methoxy groups -OCH3 is 1. The molecule has 6 nitrogen and oxygen atoms in total. The number of carbonyl (C=O) groups excluding carboxylic acids is 1. The molecular weight excluding hydrogens is 340 g/mol. The van der Waals surface area contributed by atoms with Crippen LogP contribution >= 0.6 is 0 Å². The van der Waals surface area contributed by atoms with Crippen molar-refractivity contribution >= 4 is 17.3 Å². The zero-order valence-electron chi connectivity index (χ0n) is 15.9. The lowest BCUT2D eigenvalue weighted by molar-refractivity contribution is 0.100. The number of hydrogen-bond acceptors (Lipinski definition) is 5. The molecule has 0 aliphatic carbocycles. The number of hydrogen-bond donors (Lipinski definition) is 2. The third-order valence-corrected chi connectivity index (χ3v) is 4.96. The summed E-state index contributed by atoms with van der Waals surface area (Å²) in [5.74, 6) is 0.191. The molecule has 27 heavy (non-hydrogen) atoms. The lowest BCUT2D eigenvalue weighted by atomic mass is 10.1. The number of nitrogens with zero attached hydrogens (tertiary/aromatic N) is 2. The fraction of sp³-hybridized carbons (Fsp3) is 0.381. The number of benzene rings is 2. The maximum atomic E-state index is 11.6. The topological polar surface area (TPSA) is 70.8 Å². The number of nitrogens with two attached hydrogens (primary N) is 1. The van der Waals surface area contributed by atoms with Gasteiger partial charge in [-0.3, -0.25) is 9.69 Å².